The molecular formula is C5H6O2. The molecule has 0 spiro atoms. The molecule has 2 rings (SSSR count). The van der Waals surface area contributed by atoms with E-state index in [1.807, 2.05) is 12.2 Å². The normalized spacial score (nSPS) is 45.7. The highest BCUT2D eigenvalue weighted by Crippen LogP contribution is 2.19. The molecule has 0 N–H and O–H groups in total. The predicted octanol–water partition coefficient (Wildman–Crippen LogP) is 0.298. The third-order valence-electron chi connectivity index (χ3n) is 1.22. The summed E-state index contributed by atoms with van der Waals surface area (Å²) in [5.41, 5.74) is 0. The van der Waals surface area contributed by atoms with Crippen molar-refractivity contribution in [3.05, 3.63) is 12.2 Å². The first-order valence-electron chi connectivity index (χ1n) is 2.40. The summed E-state index contributed by atoms with van der Waals surface area (Å²) in [6.07, 6.45) is 4.23. The second kappa shape index (κ2) is 1.08. The topological polar surface area (TPSA) is 18.5 Å². The van der Waals surface area contributed by atoms with Crippen molar-refractivity contribution in [2.45, 2.75) is 12.4 Å². The van der Waals surface area contributed by atoms with Crippen LogP contribution in [-0.2, 0) is 9.47 Å². The molecular weight excluding hydrogens is 92.1 g/mol. The first-order valence-corrected chi connectivity index (χ1v) is 2.40. The van der Waals surface area contributed by atoms with Crippen molar-refractivity contribution in [3.8, 4) is 0 Å². The summed E-state index contributed by atoms with van der Waals surface area (Å²) in [5.74, 6) is 0. The standard InChI is InChI=1S/C5H6O2/c1-2-5-6-3-4(1)7-5/h1-2,4-5H,3H2. The Labute approximate surface area is 41.7 Å². The molecule has 2 bridgehead atoms. The number of hydrogen-bond donors (Lipinski definition) is 0. The van der Waals surface area contributed by atoms with E-state index in [4.69, 9.17) is 9.47 Å². The van der Waals surface area contributed by atoms with Gasteiger partial charge in [-0.1, -0.05) is 6.08 Å². The molecule has 0 amide bonds. The molecule has 2 aliphatic heterocycles. The number of fused-ring (bicyclic) bond motifs is 2. The van der Waals surface area contributed by atoms with Gasteiger partial charge in [0.1, 0.15) is 6.10 Å². The Morgan fingerprint density at radius 2 is 2.43 bits per heavy atom. The lowest BCUT2D eigenvalue weighted by Crippen LogP contribution is -2.02. The van der Waals surface area contributed by atoms with Crippen LogP contribution in [0.15, 0.2) is 12.2 Å². The zero-order valence-corrected chi connectivity index (χ0v) is 3.83. The van der Waals surface area contributed by atoms with E-state index in [1.165, 1.54) is 0 Å². The van der Waals surface area contributed by atoms with Gasteiger partial charge in [-0.25, -0.2) is 0 Å². The Bertz CT molecular complexity index is 96.6. The van der Waals surface area contributed by atoms with Crippen LogP contribution in [0.2, 0.25) is 0 Å². The third kappa shape index (κ3) is 0.406. The first kappa shape index (κ1) is 3.64. The molecule has 1 fully saturated rings. The zero-order chi connectivity index (χ0) is 4.69. The largest absolute Gasteiger partial charge is 0.346 e. The van der Waals surface area contributed by atoms with E-state index in [-0.39, 0.29) is 12.4 Å². The van der Waals surface area contributed by atoms with Crippen LogP contribution in [0.25, 0.3) is 0 Å². The maximum atomic E-state index is 5.14. The Morgan fingerprint density at radius 3 is 2.57 bits per heavy atom. The van der Waals surface area contributed by atoms with Gasteiger partial charge < -0.3 is 9.47 Å². The van der Waals surface area contributed by atoms with Crippen LogP contribution < -0.4 is 0 Å². The molecule has 2 atom stereocenters. The lowest BCUT2D eigenvalue weighted by atomic mass is 10.3. The van der Waals surface area contributed by atoms with Gasteiger partial charge in [0.15, 0.2) is 6.29 Å². The summed E-state index contributed by atoms with van der Waals surface area (Å²) >= 11 is 0. The van der Waals surface area contributed by atoms with Crippen LogP contribution in [-0.4, -0.2) is 19.0 Å². The van der Waals surface area contributed by atoms with E-state index < -0.39 is 0 Å². The molecule has 2 unspecified atom stereocenters. The van der Waals surface area contributed by atoms with Crippen molar-refractivity contribution in [2.75, 3.05) is 6.61 Å². The van der Waals surface area contributed by atoms with Gasteiger partial charge in [-0.05, 0) is 6.08 Å². The van der Waals surface area contributed by atoms with Crippen LogP contribution in [0.5, 0.6) is 0 Å². The minimum Gasteiger partial charge on any atom is -0.346 e. The fraction of sp³-hybridized carbons (Fsp3) is 0.600. The first-order chi connectivity index (χ1) is 3.45. The smallest absolute Gasteiger partial charge is 0.177 e. The summed E-state index contributed by atoms with van der Waals surface area (Å²) in [7, 11) is 0. The van der Waals surface area contributed by atoms with Gasteiger partial charge in [-0.3, -0.25) is 0 Å². The molecule has 2 heteroatoms. The third-order valence-corrected chi connectivity index (χ3v) is 1.22. The van der Waals surface area contributed by atoms with Crippen molar-refractivity contribution in [2.24, 2.45) is 0 Å². The predicted molar refractivity (Wildman–Crippen MR) is 23.8 cm³/mol. The number of rotatable bonds is 0. The fourth-order valence-corrected chi connectivity index (χ4v) is 0.857. The molecule has 1 saturated heterocycles. The molecule has 0 aliphatic carbocycles. The molecule has 2 heterocycles. The summed E-state index contributed by atoms with van der Waals surface area (Å²) in [6, 6.07) is 0. The average Bonchev–Trinajstić information content (AvgIpc) is 2.22. The van der Waals surface area contributed by atoms with E-state index in [0.717, 1.165) is 6.61 Å². The molecule has 0 aromatic rings. The lowest BCUT2D eigenvalue weighted by Gasteiger charge is -1.95. The quantitative estimate of drug-likeness (QED) is 0.405. The lowest BCUT2D eigenvalue weighted by molar-refractivity contribution is -0.000487. The van der Waals surface area contributed by atoms with Crippen LogP contribution in [0.1, 0.15) is 0 Å². The summed E-state index contributed by atoms with van der Waals surface area (Å²) < 4.78 is 10.2. The van der Waals surface area contributed by atoms with Crippen LogP contribution in [0.4, 0.5) is 0 Å². The minimum atomic E-state index is -0.00926. The van der Waals surface area contributed by atoms with Gasteiger partial charge in [0.05, 0.1) is 6.61 Å². The van der Waals surface area contributed by atoms with E-state index in [9.17, 15) is 0 Å². The van der Waals surface area contributed by atoms with Crippen molar-refractivity contribution < 1.29 is 9.47 Å². The van der Waals surface area contributed by atoms with Gasteiger partial charge in [-0.2, -0.15) is 0 Å². The van der Waals surface area contributed by atoms with Gasteiger partial charge >= 0.3 is 0 Å². The van der Waals surface area contributed by atoms with E-state index in [0.29, 0.717) is 0 Å². The Kier molecular flexibility index (Phi) is 0.562. The van der Waals surface area contributed by atoms with Crippen molar-refractivity contribution in [1.29, 1.82) is 0 Å². The maximum Gasteiger partial charge on any atom is 0.177 e. The number of hydrogen-bond acceptors (Lipinski definition) is 2. The summed E-state index contributed by atoms with van der Waals surface area (Å²) in [5, 5.41) is 0. The van der Waals surface area contributed by atoms with Gasteiger partial charge in [0.2, 0.25) is 0 Å². The van der Waals surface area contributed by atoms with Crippen molar-refractivity contribution in [3.63, 3.8) is 0 Å². The highest BCUT2D eigenvalue weighted by molar-refractivity contribution is 5.02. The highest BCUT2D eigenvalue weighted by Gasteiger charge is 2.26. The molecule has 7 heavy (non-hydrogen) atoms. The Morgan fingerprint density at radius 1 is 1.43 bits per heavy atom. The molecule has 0 aromatic heterocycles. The maximum absolute atomic E-state index is 5.14. The molecule has 0 saturated carbocycles. The van der Waals surface area contributed by atoms with E-state index in [2.05, 4.69) is 0 Å². The summed E-state index contributed by atoms with van der Waals surface area (Å²) in [4.78, 5) is 0. The molecule has 2 aliphatic rings. The fourth-order valence-electron chi connectivity index (χ4n) is 0.857. The molecule has 0 aromatic carbocycles. The number of ether oxygens (including phenoxy) is 2. The monoisotopic (exact) mass is 98.0 g/mol. The van der Waals surface area contributed by atoms with Crippen molar-refractivity contribution in [1.82, 2.24) is 0 Å². The van der Waals surface area contributed by atoms with Crippen molar-refractivity contribution >= 4 is 0 Å². The van der Waals surface area contributed by atoms with Gasteiger partial charge in [-0.15, -0.1) is 0 Å². The average molecular weight is 98.1 g/mol. The second-order valence-electron chi connectivity index (χ2n) is 1.76. The molecule has 0 radical (unpaired) electrons. The van der Waals surface area contributed by atoms with Crippen LogP contribution >= 0.6 is 0 Å². The van der Waals surface area contributed by atoms with Crippen LogP contribution in [0.3, 0.4) is 0 Å². The minimum absolute atomic E-state index is 0.00926. The Balaban J connectivity index is 2.27. The second-order valence-corrected chi connectivity index (χ2v) is 1.76. The van der Waals surface area contributed by atoms with Gasteiger partial charge in [0.25, 0.3) is 0 Å². The molecule has 2 nitrogen and oxygen atoms in total. The molecule has 38 valence electrons. The van der Waals surface area contributed by atoms with Crippen LogP contribution in [0, 0.1) is 0 Å². The Hall–Kier alpha value is -0.340. The van der Waals surface area contributed by atoms with E-state index >= 15 is 0 Å². The SMILES string of the molecule is C1=CC2OCC1O2. The van der Waals surface area contributed by atoms with Gasteiger partial charge in [0, 0.05) is 0 Å². The highest BCUT2D eigenvalue weighted by atomic mass is 16.7. The van der Waals surface area contributed by atoms with E-state index in [1.54, 1.807) is 0 Å². The summed E-state index contributed by atoms with van der Waals surface area (Å²) in [6.45, 7) is 0.751. The zero-order valence-electron chi connectivity index (χ0n) is 3.83.